The zero-order chi connectivity index (χ0) is 13.7. The van der Waals surface area contributed by atoms with Crippen LogP contribution < -0.4 is 0 Å². The molecule has 0 bridgehead atoms. The third kappa shape index (κ3) is 6.99. The Morgan fingerprint density at radius 2 is 1.76 bits per heavy atom. The molecule has 1 unspecified atom stereocenters. The Bertz CT molecular complexity index is 289. The lowest BCUT2D eigenvalue weighted by atomic mass is 9.72. The van der Waals surface area contributed by atoms with Crippen molar-refractivity contribution in [2.45, 2.75) is 54.4 Å². The summed E-state index contributed by atoms with van der Waals surface area (Å²) in [6, 6.07) is 1.97. The van der Waals surface area contributed by atoms with Crippen LogP contribution in [-0.4, -0.2) is 12.6 Å². The van der Waals surface area contributed by atoms with Gasteiger partial charge in [-0.1, -0.05) is 41.5 Å². The molecule has 0 aromatic carbocycles. The molecule has 0 amide bonds. The predicted molar refractivity (Wildman–Crippen MR) is 68.2 cm³/mol. The number of carbonyl (C=O) groups excluding carboxylic acids is 1. The van der Waals surface area contributed by atoms with Crippen molar-refractivity contribution in [3.63, 3.8) is 0 Å². The Balaban J connectivity index is 4.60. The first-order chi connectivity index (χ1) is 7.58. The summed E-state index contributed by atoms with van der Waals surface area (Å²) in [6.07, 6.45) is 1.06. The number of nitrogens with zero attached hydrogens (tertiary/aromatic N) is 1. The third-order valence-corrected chi connectivity index (χ3v) is 2.60. The third-order valence-electron chi connectivity index (χ3n) is 2.60. The molecule has 98 valence electrons. The monoisotopic (exact) mass is 239 g/mol. The molecule has 0 spiro atoms. The average molecular weight is 239 g/mol. The number of nitriles is 1. The highest BCUT2D eigenvalue weighted by molar-refractivity contribution is 5.73. The van der Waals surface area contributed by atoms with E-state index in [9.17, 15) is 4.79 Å². The zero-order valence-electron chi connectivity index (χ0n) is 12.0. The standard InChI is InChI=1S/C14H25NO2/c1-13(2,3)10-11(14(4,5)6)12(16)17-9-7-8-15/h11H,7,9-10H2,1-6H3. The number of carbonyl (C=O) groups is 1. The zero-order valence-corrected chi connectivity index (χ0v) is 12.0. The lowest BCUT2D eigenvalue weighted by Crippen LogP contribution is -2.33. The fourth-order valence-corrected chi connectivity index (χ4v) is 1.65. The molecule has 0 radical (unpaired) electrons. The molecule has 17 heavy (non-hydrogen) atoms. The van der Waals surface area contributed by atoms with Crippen molar-refractivity contribution in [2.24, 2.45) is 16.7 Å². The van der Waals surface area contributed by atoms with Crippen molar-refractivity contribution in [1.29, 1.82) is 5.26 Å². The van der Waals surface area contributed by atoms with Gasteiger partial charge in [0.05, 0.1) is 18.4 Å². The Morgan fingerprint density at radius 1 is 1.24 bits per heavy atom. The molecule has 0 aromatic heterocycles. The molecule has 0 aliphatic carbocycles. The van der Waals surface area contributed by atoms with E-state index in [2.05, 4.69) is 41.5 Å². The van der Waals surface area contributed by atoms with Crippen LogP contribution in [0.2, 0.25) is 0 Å². The summed E-state index contributed by atoms with van der Waals surface area (Å²) >= 11 is 0. The van der Waals surface area contributed by atoms with Gasteiger partial charge >= 0.3 is 5.97 Å². The van der Waals surface area contributed by atoms with E-state index in [1.54, 1.807) is 0 Å². The van der Waals surface area contributed by atoms with E-state index in [0.29, 0.717) is 0 Å². The van der Waals surface area contributed by atoms with Crippen LogP contribution in [0.3, 0.4) is 0 Å². The summed E-state index contributed by atoms with van der Waals surface area (Å²) in [4.78, 5) is 12.0. The van der Waals surface area contributed by atoms with Crippen LogP contribution in [-0.2, 0) is 9.53 Å². The molecule has 3 heteroatoms. The molecule has 0 fully saturated rings. The van der Waals surface area contributed by atoms with Gasteiger partial charge in [0.25, 0.3) is 0 Å². The fourth-order valence-electron chi connectivity index (χ4n) is 1.65. The average Bonchev–Trinajstić information content (AvgIpc) is 2.11. The van der Waals surface area contributed by atoms with Crippen molar-refractivity contribution in [3.8, 4) is 6.07 Å². The molecular formula is C14H25NO2. The van der Waals surface area contributed by atoms with E-state index in [-0.39, 0.29) is 35.7 Å². The van der Waals surface area contributed by atoms with Gasteiger partial charge in [-0.2, -0.15) is 5.26 Å². The SMILES string of the molecule is CC(C)(C)CC(C(=O)OCCC#N)C(C)(C)C. The maximum atomic E-state index is 12.0. The van der Waals surface area contributed by atoms with Gasteiger partial charge in [-0.15, -0.1) is 0 Å². The van der Waals surface area contributed by atoms with Crippen LogP contribution in [0.1, 0.15) is 54.4 Å². The second kappa shape index (κ2) is 6.05. The van der Waals surface area contributed by atoms with Gasteiger partial charge in [0.1, 0.15) is 6.61 Å². The Hall–Kier alpha value is -1.04. The minimum Gasteiger partial charge on any atom is -0.464 e. The summed E-state index contributed by atoms with van der Waals surface area (Å²) in [7, 11) is 0. The van der Waals surface area contributed by atoms with Gasteiger partial charge in [0.2, 0.25) is 0 Å². The first kappa shape index (κ1) is 16.0. The molecule has 0 heterocycles. The van der Waals surface area contributed by atoms with Crippen LogP contribution in [0.5, 0.6) is 0 Å². The van der Waals surface area contributed by atoms with E-state index in [0.717, 1.165) is 6.42 Å². The normalized spacial score (nSPS) is 13.9. The van der Waals surface area contributed by atoms with Gasteiger partial charge in [-0.25, -0.2) is 0 Å². The molecule has 0 saturated carbocycles. The van der Waals surface area contributed by atoms with Crippen LogP contribution >= 0.6 is 0 Å². The summed E-state index contributed by atoms with van der Waals surface area (Å²) in [5.41, 5.74) is -0.0246. The van der Waals surface area contributed by atoms with E-state index in [1.807, 2.05) is 6.07 Å². The number of rotatable bonds is 4. The van der Waals surface area contributed by atoms with E-state index in [4.69, 9.17) is 10.00 Å². The quantitative estimate of drug-likeness (QED) is 0.557. The first-order valence-electron chi connectivity index (χ1n) is 6.11. The smallest absolute Gasteiger partial charge is 0.309 e. The largest absolute Gasteiger partial charge is 0.464 e. The van der Waals surface area contributed by atoms with Gasteiger partial charge in [0, 0.05) is 0 Å². The van der Waals surface area contributed by atoms with E-state index >= 15 is 0 Å². The maximum Gasteiger partial charge on any atom is 0.309 e. The van der Waals surface area contributed by atoms with Crippen molar-refractivity contribution in [1.82, 2.24) is 0 Å². The minimum absolute atomic E-state index is 0.0895. The number of esters is 1. The molecular weight excluding hydrogens is 214 g/mol. The molecule has 0 aliphatic rings. The second-order valence-corrected chi connectivity index (χ2v) is 6.76. The summed E-state index contributed by atoms with van der Waals surface area (Å²) in [6.45, 7) is 12.7. The van der Waals surface area contributed by atoms with E-state index < -0.39 is 0 Å². The van der Waals surface area contributed by atoms with Gasteiger partial charge in [-0.05, 0) is 17.3 Å². The predicted octanol–water partition coefficient (Wildman–Crippen LogP) is 3.54. The van der Waals surface area contributed by atoms with Crippen molar-refractivity contribution in [2.75, 3.05) is 6.61 Å². The molecule has 0 rings (SSSR count). The molecule has 1 atom stereocenters. The molecule has 3 nitrogen and oxygen atoms in total. The summed E-state index contributed by atoms with van der Waals surface area (Å²) in [5, 5.41) is 8.42. The van der Waals surface area contributed by atoms with E-state index in [1.165, 1.54) is 0 Å². The van der Waals surface area contributed by atoms with Crippen LogP contribution in [0.15, 0.2) is 0 Å². The highest BCUT2D eigenvalue weighted by atomic mass is 16.5. The summed E-state index contributed by atoms with van der Waals surface area (Å²) in [5.74, 6) is -0.302. The second-order valence-electron chi connectivity index (χ2n) is 6.76. The Labute approximate surface area is 105 Å². The maximum absolute atomic E-state index is 12.0. The van der Waals surface area contributed by atoms with Gasteiger partial charge < -0.3 is 4.74 Å². The summed E-state index contributed by atoms with van der Waals surface area (Å²) < 4.78 is 5.16. The highest BCUT2D eigenvalue weighted by Gasteiger charge is 2.35. The Kier molecular flexibility index (Phi) is 5.68. The highest BCUT2D eigenvalue weighted by Crippen LogP contribution is 2.36. The van der Waals surface area contributed by atoms with Crippen molar-refractivity contribution < 1.29 is 9.53 Å². The van der Waals surface area contributed by atoms with Gasteiger partial charge in [0.15, 0.2) is 0 Å². The minimum atomic E-state index is -0.178. The lowest BCUT2D eigenvalue weighted by Gasteiger charge is -2.33. The van der Waals surface area contributed by atoms with Crippen molar-refractivity contribution >= 4 is 5.97 Å². The van der Waals surface area contributed by atoms with Crippen LogP contribution in [0.4, 0.5) is 0 Å². The number of hydrogen-bond donors (Lipinski definition) is 0. The number of ether oxygens (including phenoxy) is 1. The molecule has 0 N–H and O–H groups in total. The van der Waals surface area contributed by atoms with Crippen molar-refractivity contribution in [3.05, 3.63) is 0 Å². The molecule has 0 aromatic rings. The lowest BCUT2D eigenvalue weighted by molar-refractivity contribution is -0.153. The fraction of sp³-hybridized carbons (Fsp3) is 0.857. The van der Waals surface area contributed by atoms with Crippen LogP contribution in [0, 0.1) is 28.1 Å². The first-order valence-corrected chi connectivity index (χ1v) is 6.11. The van der Waals surface area contributed by atoms with Gasteiger partial charge in [-0.3, -0.25) is 4.79 Å². The van der Waals surface area contributed by atoms with Crippen LogP contribution in [0.25, 0.3) is 0 Å². The Morgan fingerprint density at radius 3 is 2.12 bits per heavy atom. The topological polar surface area (TPSA) is 50.1 Å². The number of hydrogen-bond acceptors (Lipinski definition) is 3. The molecule has 0 aliphatic heterocycles. The molecule has 0 saturated heterocycles.